The van der Waals surface area contributed by atoms with Gasteiger partial charge < -0.3 is 9.64 Å². The van der Waals surface area contributed by atoms with Crippen molar-refractivity contribution in [3.05, 3.63) is 23.8 Å². The lowest BCUT2D eigenvalue weighted by molar-refractivity contribution is 0.0361. The van der Waals surface area contributed by atoms with Crippen molar-refractivity contribution >= 4 is 12.0 Å². The molecule has 0 aromatic carbocycles. The summed E-state index contributed by atoms with van der Waals surface area (Å²) >= 11 is 0. The zero-order chi connectivity index (χ0) is 15.0. The van der Waals surface area contributed by atoms with Crippen LogP contribution in [0.5, 0.6) is 0 Å². The molecule has 0 N–H and O–H groups in total. The summed E-state index contributed by atoms with van der Waals surface area (Å²) < 4.78 is 5.17. The van der Waals surface area contributed by atoms with E-state index in [0.717, 1.165) is 6.42 Å². The minimum absolute atomic E-state index is 0.0955. The van der Waals surface area contributed by atoms with Gasteiger partial charge in [0, 0.05) is 32.0 Å². The van der Waals surface area contributed by atoms with E-state index in [2.05, 4.69) is 9.97 Å². The second-order valence-electron chi connectivity index (χ2n) is 5.53. The number of fused-ring (bicyclic) bond motifs is 1. The number of piperazine rings is 1. The molecule has 3 rings (SSSR count). The Morgan fingerprint density at radius 3 is 2.76 bits per heavy atom. The van der Waals surface area contributed by atoms with Crippen LogP contribution in [0, 0.1) is 6.92 Å². The molecule has 2 aliphatic rings. The first-order chi connectivity index (χ1) is 10.1. The van der Waals surface area contributed by atoms with Crippen molar-refractivity contribution in [1.82, 2.24) is 19.8 Å². The number of carbonyl (C=O) groups is 2. The Hall–Kier alpha value is -2.18. The second kappa shape index (κ2) is 4.98. The Labute approximate surface area is 122 Å². The average molecular weight is 290 g/mol. The first-order valence-electron chi connectivity index (χ1n) is 7.08. The van der Waals surface area contributed by atoms with E-state index in [4.69, 9.17) is 4.74 Å². The quantitative estimate of drug-likeness (QED) is 0.807. The van der Waals surface area contributed by atoms with Crippen molar-refractivity contribution in [2.24, 2.45) is 0 Å². The van der Waals surface area contributed by atoms with Crippen LogP contribution in [0.3, 0.4) is 0 Å². The maximum atomic E-state index is 12.5. The van der Waals surface area contributed by atoms with Gasteiger partial charge in [-0.15, -0.1) is 0 Å². The zero-order valence-corrected chi connectivity index (χ0v) is 12.2. The minimum Gasteiger partial charge on any atom is -0.447 e. The maximum absolute atomic E-state index is 12.5. The van der Waals surface area contributed by atoms with Gasteiger partial charge in [-0.05, 0) is 13.3 Å². The highest BCUT2D eigenvalue weighted by atomic mass is 16.6. The van der Waals surface area contributed by atoms with Gasteiger partial charge in [0.15, 0.2) is 0 Å². The fourth-order valence-electron chi connectivity index (χ4n) is 2.92. The van der Waals surface area contributed by atoms with Crippen molar-refractivity contribution in [3.63, 3.8) is 0 Å². The minimum atomic E-state index is -0.392. The van der Waals surface area contributed by atoms with E-state index >= 15 is 0 Å². The van der Waals surface area contributed by atoms with Crippen LogP contribution in [-0.2, 0) is 4.74 Å². The maximum Gasteiger partial charge on any atom is 0.410 e. The topological polar surface area (TPSA) is 75.6 Å². The van der Waals surface area contributed by atoms with Gasteiger partial charge in [0.1, 0.15) is 12.4 Å². The number of aryl methyl sites for hydroxylation is 1. The van der Waals surface area contributed by atoms with Crippen molar-refractivity contribution in [1.29, 1.82) is 0 Å². The number of ether oxygens (including phenoxy) is 1. The number of carbonyl (C=O) groups excluding carboxylic acids is 2. The molecule has 7 heteroatoms. The van der Waals surface area contributed by atoms with Gasteiger partial charge in [-0.2, -0.15) is 0 Å². The van der Waals surface area contributed by atoms with Crippen LogP contribution in [0.1, 0.15) is 29.5 Å². The molecule has 1 aromatic rings. The fraction of sp³-hybridized carbons (Fsp3) is 0.571. The highest BCUT2D eigenvalue weighted by Gasteiger charge is 2.50. The third kappa shape index (κ3) is 2.22. The molecule has 0 spiro atoms. The molecule has 112 valence electrons. The SMILES string of the molecule is CCC12COC(=O)N1CCN(C(=O)c1cnc(C)nc1)C2. The number of hydrogen-bond acceptors (Lipinski definition) is 5. The molecule has 2 aliphatic heterocycles. The van der Waals surface area contributed by atoms with Gasteiger partial charge in [-0.3, -0.25) is 9.69 Å². The predicted octanol–water partition coefficient (Wildman–Crippen LogP) is 0.842. The van der Waals surface area contributed by atoms with Crippen molar-refractivity contribution < 1.29 is 14.3 Å². The standard InChI is InChI=1S/C14H18N4O3/c1-3-14-8-17(4-5-18(14)13(20)21-9-14)12(19)11-6-15-10(2)16-7-11/h6-7H,3-5,8-9H2,1-2H3. The first-order valence-corrected chi connectivity index (χ1v) is 7.08. The molecule has 2 saturated heterocycles. The van der Waals surface area contributed by atoms with Crippen LogP contribution >= 0.6 is 0 Å². The zero-order valence-electron chi connectivity index (χ0n) is 12.2. The van der Waals surface area contributed by atoms with Crippen molar-refractivity contribution in [3.8, 4) is 0 Å². The summed E-state index contributed by atoms with van der Waals surface area (Å²) in [6.45, 7) is 5.63. The Bertz CT molecular complexity index is 574. The average Bonchev–Trinajstić information content (AvgIpc) is 2.85. The molecular weight excluding hydrogens is 272 g/mol. The Morgan fingerprint density at radius 1 is 1.38 bits per heavy atom. The fourth-order valence-corrected chi connectivity index (χ4v) is 2.92. The molecule has 0 saturated carbocycles. The normalized spacial score (nSPS) is 24.8. The van der Waals surface area contributed by atoms with Gasteiger partial charge in [0.2, 0.25) is 0 Å². The van der Waals surface area contributed by atoms with Gasteiger partial charge in [-0.1, -0.05) is 6.92 Å². The van der Waals surface area contributed by atoms with E-state index in [0.29, 0.717) is 37.6 Å². The van der Waals surface area contributed by atoms with Gasteiger partial charge in [0.05, 0.1) is 11.1 Å². The molecule has 0 aliphatic carbocycles. The van der Waals surface area contributed by atoms with Crippen LogP contribution in [0.4, 0.5) is 4.79 Å². The lowest BCUT2D eigenvalue weighted by Crippen LogP contribution is -2.62. The molecule has 0 bridgehead atoms. The van der Waals surface area contributed by atoms with Crippen molar-refractivity contribution in [2.75, 3.05) is 26.2 Å². The number of cyclic esters (lactones) is 1. The Morgan fingerprint density at radius 2 is 2.10 bits per heavy atom. The molecule has 21 heavy (non-hydrogen) atoms. The Balaban J connectivity index is 1.80. The molecule has 7 nitrogen and oxygen atoms in total. The van der Waals surface area contributed by atoms with Gasteiger partial charge in [0.25, 0.3) is 5.91 Å². The van der Waals surface area contributed by atoms with E-state index in [1.54, 1.807) is 29.1 Å². The first kappa shape index (κ1) is 13.8. The van der Waals surface area contributed by atoms with Crippen LogP contribution < -0.4 is 0 Å². The summed E-state index contributed by atoms with van der Waals surface area (Å²) in [5.41, 5.74) is 0.0850. The van der Waals surface area contributed by atoms with Crippen LogP contribution in [0.2, 0.25) is 0 Å². The lowest BCUT2D eigenvalue weighted by atomic mass is 9.92. The molecule has 3 heterocycles. The van der Waals surface area contributed by atoms with Gasteiger partial charge >= 0.3 is 6.09 Å². The number of nitrogens with zero attached hydrogens (tertiary/aromatic N) is 4. The van der Waals surface area contributed by atoms with E-state index in [-0.39, 0.29) is 12.0 Å². The van der Waals surface area contributed by atoms with E-state index in [9.17, 15) is 9.59 Å². The summed E-state index contributed by atoms with van der Waals surface area (Å²) in [7, 11) is 0. The Kier molecular flexibility index (Phi) is 3.27. The largest absolute Gasteiger partial charge is 0.447 e. The van der Waals surface area contributed by atoms with E-state index in [1.807, 2.05) is 6.92 Å². The van der Waals surface area contributed by atoms with E-state index in [1.165, 1.54) is 0 Å². The molecule has 1 atom stereocenters. The highest BCUT2D eigenvalue weighted by molar-refractivity contribution is 5.94. The third-order valence-electron chi connectivity index (χ3n) is 4.31. The molecule has 0 radical (unpaired) electrons. The molecule has 2 amide bonds. The molecule has 1 unspecified atom stereocenters. The summed E-state index contributed by atoms with van der Waals surface area (Å²) in [6, 6.07) is 0. The number of rotatable bonds is 2. The second-order valence-corrected chi connectivity index (χ2v) is 5.53. The van der Waals surface area contributed by atoms with Crippen LogP contribution in [-0.4, -0.2) is 63.5 Å². The molecular formula is C14H18N4O3. The molecule has 1 aromatic heterocycles. The summed E-state index contributed by atoms with van der Waals surface area (Å²) in [5, 5.41) is 0. The van der Waals surface area contributed by atoms with Crippen LogP contribution in [0.15, 0.2) is 12.4 Å². The summed E-state index contributed by atoms with van der Waals surface area (Å²) in [6.07, 6.45) is 3.58. The smallest absolute Gasteiger partial charge is 0.410 e. The highest BCUT2D eigenvalue weighted by Crippen LogP contribution is 2.32. The lowest BCUT2D eigenvalue weighted by Gasteiger charge is -2.44. The number of hydrogen-bond donors (Lipinski definition) is 0. The van der Waals surface area contributed by atoms with Crippen LogP contribution in [0.25, 0.3) is 0 Å². The monoisotopic (exact) mass is 290 g/mol. The summed E-state index contributed by atoms with van der Waals surface area (Å²) in [5.74, 6) is 0.540. The molecule has 2 fully saturated rings. The van der Waals surface area contributed by atoms with Gasteiger partial charge in [-0.25, -0.2) is 14.8 Å². The number of aromatic nitrogens is 2. The summed E-state index contributed by atoms with van der Waals surface area (Å²) in [4.78, 5) is 35.9. The third-order valence-corrected chi connectivity index (χ3v) is 4.31. The number of amides is 2. The van der Waals surface area contributed by atoms with E-state index < -0.39 is 5.54 Å². The van der Waals surface area contributed by atoms with Crippen molar-refractivity contribution in [2.45, 2.75) is 25.8 Å². The predicted molar refractivity (Wildman–Crippen MR) is 73.7 cm³/mol.